The van der Waals surface area contributed by atoms with Crippen molar-refractivity contribution in [2.24, 2.45) is 11.3 Å². The molecule has 1 aromatic carbocycles. The first-order valence-corrected chi connectivity index (χ1v) is 9.07. The average molecular weight is 362 g/mol. The topological polar surface area (TPSA) is 17.1 Å². The van der Waals surface area contributed by atoms with Crippen molar-refractivity contribution in [1.82, 2.24) is 0 Å². The van der Waals surface area contributed by atoms with Crippen molar-refractivity contribution in [3.8, 4) is 0 Å². The molecule has 0 aliphatic heterocycles. The fourth-order valence-corrected chi connectivity index (χ4v) is 4.59. The SMILES string of the molecule is CC1=C(C)CC2(C(=O)c3ccc(C(F)(F)F)cc3)CC(C)=C(C)CC2C1. The van der Waals surface area contributed by atoms with Gasteiger partial charge in [0.2, 0.25) is 0 Å². The maximum absolute atomic E-state index is 13.5. The van der Waals surface area contributed by atoms with Crippen LogP contribution in [0.25, 0.3) is 0 Å². The number of rotatable bonds is 2. The molecule has 2 aliphatic rings. The van der Waals surface area contributed by atoms with Crippen molar-refractivity contribution in [2.75, 3.05) is 0 Å². The quantitative estimate of drug-likeness (QED) is 0.420. The van der Waals surface area contributed by atoms with Crippen LogP contribution in [0.2, 0.25) is 0 Å². The third-order valence-corrected chi connectivity index (χ3v) is 6.43. The van der Waals surface area contributed by atoms with Gasteiger partial charge in [-0.05, 0) is 71.4 Å². The zero-order chi connectivity index (χ0) is 19.3. The van der Waals surface area contributed by atoms with Gasteiger partial charge in [0.25, 0.3) is 0 Å². The highest BCUT2D eigenvalue weighted by molar-refractivity contribution is 6.01. The molecular weight excluding hydrogens is 337 g/mol. The highest BCUT2D eigenvalue weighted by Gasteiger charge is 2.49. The predicted octanol–water partition coefficient (Wildman–Crippen LogP) is 6.75. The van der Waals surface area contributed by atoms with Crippen LogP contribution in [0.5, 0.6) is 0 Å². The number of ketones is 1. The predicted molar refractivity (Wildman–Crippen MR) is 96.9 cm³/mol. The van der Waals surface area contributed by atoms with Crippen molar-refractivity contribution < 1.29 is 18.0 Å². The Labute approximate surface area is 153 Å². The minimum Gasteiger partial charge on any atom is -0.294 e. The summed E-state index contributed by atoms with van der Waals surface area (Å²) >= 11 is 0. The summed E-state index contributed by atoms with van der Waals surface area (Å²) in [6.45, 7) is 8.41. The normalized spacial score (nSPS) is 26.8. The lowest BCUT2D eigenvalue weighted by molar-refractivity contribution is -0.137. The molecule has 4 heteroatoms. The molecule has 0 atom stereocenters. The second kappa shape index (κ2) is 6.40. The summed E-state index contributed by atoms with van der Waals surface area (Å²) in [5.41, 5.74) is 4.34. The minimum absolute atomic E-state index is 0.00470. The summed E-state index contributed by atoms with van der Waals surface area (Å²) in [6.07, 6.45) is -1.20. The van der Waals surface area contributed by atoms with E-state index in [1.807, 2.05) is 0 Å². The van der Waals surface area contributed by atoms with Crippen LogP contribution in [-0.4, -0.2) is 5.78 Å². The van der Waals surface area contributed by atoms with Gasteiger partial charge < -0.3 is 0 Å². The van der Waals surface area contributed by atoms with E-state index in [1.54, 1.807) is 0 Å². The molecule has 0 spiro atoms. The maximum Gasteiger partial charge on any atom is 0.416 e. The standard InChI is InChI=1S/C22H25F3O/c1-13-9-19-10-14(2)16(4)12-21(19,11-15(13)3)20(26)17-5-7-18(8-6-17)22(23,24)25/h5-8,19H,9-12H2,1-4H3. The van der Waals surface area contributed by atoms with E-state index in [9.17, 15) is 18.0 Å². The summed E-state index contributed by atoms with van der Waals surface area (Å²) < 4.78 is 38.5. The molecule has 0 unspecified atom stereocenters. The first kappa shape index (κ1) is 18.9. The van der Waals surface area contributed by atoms with Gasteiger partial charge >= 0.3 is 6.18 Å². The summed E-state index contributed by atoms with van der Waals surface area (Å²) in [5, 5.41) is 0. The van der Waals surface area contributed by atoms with Gasteiger partial charge in [-0.25, -0.2) is 0 Å². The molecule has 0 fully saturated rings. The van der Waals surface area contributed by atoms with Crippen LogP contribution in [0.3, 0.4) is 0 Å². The van der Waals surface area contributed by atoms with Gasteiger partial charge in [-0.15, -0.1) is 0 Å². The van der Waals surface area contributed by atoms with Gasteiger partial charge in [-0.1, -0.05) is 34.4 Å². The Morgan fingerprint density at radius 2 is 1.35 bits per heavy atom. The summed E-state index contributed by atoms with van der Waals surface area (Å²) in [4.78, 5) is 13.5. The Bertz CT molecular complexity index is 764. The molecule has 0 N–H and O–H groups in total. The lowest BCUT2D eigenvalue weighted by Crippen LogP contribution is -2.44. The van der Waals surface area contributed by atoms with Crippen molar-refractivity contribution in [2.45, 2.75) is 59.6 Å². The van der Waals surface area contributed by atoms with E-state index in [0.29, 0.717) is 18.4 Å². The average Bonchev–Trinajstić information content (AvgIpc) is 2.57. The summed E-state index contributed by atoms with van der Waals surface area (Å²) in [7, 11) is 0. The molecule has 2 aliphatic carbocycles. The Kier molecular flexibility index (Phi) is 4.66. The van der Waals surface area contributed by atoms with Crippen molar-refractivity contribution in [1.29, 1.82) is 0 Å². The largest absolute Gasteiger partial charge is 0.416 e. The van der Waals surface area contributed by atoms with E-state index in [1.165, 1.54) is 34.4 Å². The Morgan fingerprint density at radius 1 is 0.885 bits per heavy atom. The first-order valence-electron chi connectivity index (χ1n) is 9.07. The number of hydrogen-bond donors (Lipinski definition) is 0. The Balaban J connectivity index is 2.02. The number of carbonyl (C=O) groups excluding carboxylic acids is 1. The third kappa shape index (κ3) is 3.15. The minimum atomic E-state index is -4.38. The molecule has 1 aromatic rings. The second-order valence-electron chi connectivity index (χ2n) is 8.14. The molecular formula is C22H25F3O. The van der Waals surface area contributed by atoms with E-state index in [4.69, 9.17) is 0 Å². The molecule has 0 aromatic heterocycles. The van der Waals surface area contributed by atoms with Gasteiger partial charge in [0.15, 0.2) is 5.78 Å². The fraction of sp³-hybridized carbons (Fsp3) is 0.500. The Hall–Kier alpha value is -1.84. The molecule has 1 nitrogen and oxygen atoms in total. The van der Waals surface area contributed by atoms with Gasteiger partial charge in [-0.2, -0.15) is 13.2 Å². The number of alkyl halides is 3. The van der Waals surface area contributed by atoms with Crippen LogP contribution < -0.4 is 0 Å². The van der Waals surface area contributed by atoms with Crippen LogP contribution in [0.15, 0.2) is 46.6 Å². The molecule has 0 bridgehead atoms. The lowest BCUT2D eigenvalue weighted by Gasteiger charge is -2.47. The van der Waals surface area contributed by atoms with E-state index < -0.39 is 17.2 Å². The summed E-state index contributed by atoms with van der Waals surface area (Å²) in [6, 6.07) is 4.73. The fourth-order valence-electron chi connectivity index (χ4n) is 4.59. The number of benzene rings is 1. The Morgan fingerprint density at radius 3 is 1.77 bits per heavy atom. The van der Waals surface area contributed by atoms with Crippen LogP contribution in [0, 0.1) is 11.3 Å². The molecule has 0 amide bonds. The highest BCUT2D eigenvalue weighted by atomic mass is 19.4. The lowest BCUT2D eigenvalue weighted by atomic mass is 9.55. The van der Waals surface area contributed by atoms with Crippen molar-refractivity contribution >= 4 is 5.78 Å². The van der Waals surface area contributed by atoms with Crippen molar-refractivity contribution in [3.05, 3.63) is 57.7 Å². The number of halogens is 3. The third-order valence-electron chi connectivity index (χ3n) is 6.43. The molecule has 26 heavy (non-hydrogen) atoms. The molecule has 0 saturated carbocycles. The van der Waals surface area contributed by atoms with Gasteiger partial charge in [0.1, 0.15) is 0 Å². The molecule has 0 heterocycles. The second-order valence-corrected chi connectivity index (χ2v) is 8.14. The smallest absolute Gasteiger partial charge is 0.294 e. The summed E-state index contributed by atoms with van der Waals surface area (Å²) in [5.74, 6) is 0.222. The zero-order valence-corrected chi connectivity index (χ0v) is 15.8. The van der Waals surface area contributed by atoms with E-state index >= 15 is 0 Å². The van der Waals surface area contributed by atoms with Crippen LogP contribution in [0.4, 0.5) is 13.2 Å². The molecule has 3 rings (SSSR count). The van der Waals surface area contributed by atoms with Crippen LogP contribution in [0.1, 0.15) is 69.3 Å². The van der Waals surface area contributed by atoms with E-state index in [0.717, 1.165) is 25.0 Å². The zero-order valence-electron chi connectivity index (χ0n) is 15.8. The van der Waals surface area contributed by atoms with Crippen LogP contribution in [-0.2, 0) is 6.18 Å². The molecule has 0 saturated heterocycles. The monoisotopic (exact) mass is 362 g/mol. The number of fused-ring (bicyclic) bond motifs is 1. The van der Waals surface area contributed by atoms with E-state index in [2.05, 4.69) is 27.7 Å². The maximum atomic E-state index is 13.5. The first-order chi connectivity index (χ1) is 12.0. The van der Waals surface area contributed by atoms with Crippen LogP contribution >= 0.6 is 0 Å². The van der Waals surface area contributed by atoms with Gasteiger partial charge in [0, 0.05) is 11.0 Å². The highest BCUT2D eigenvalue weighted by Crippen LogP contribution is 2.54. The number of allylic oxidation sites excluding steroid dienone is 4. The van der Waals surface area contributed by atoms with E-state index in [-0.39, 0.29) is 11.7 Å². The van der Waals surface area contributed by atoms with Gasteiger partial charge in [0.05, 0.1) is 5.56 Å². The number of carbonyl (C=O) groups is 1. The van der Waals surface area contributed by atoms with Gasteiger partial charge in [-0.3, -0.25) is 4.79 Å². The van der Waals surface area contributed by atoms with Crippen molar-refractivity contribution in [3.63, 3.8) is 0 Å². The number of Topliss-reactive ketones (excluding diaryl/α,β-unsaturated/α-hetero) is 1. The molecule has 0 radical (unpaired) electrons. The molecule has 140 valence electrons. The number of hydrogen-bond acceptors (Lipinski definition) is 1.